The van der Waals surface area contributed by atoms with Gasteiger partial charge in [0.15, 0.2) is 0 Å². The first-order valence-corrected chi connectivity index (χ1v) is 3.48. The summed E-state index contributed by atoms with van der Waals surface area (Å²) in [6, 6.07) is 1.91. The number of benzene rings is 1. The molecule has 0 amide bonds. The Morgan fingerprint density at radius 1 is 1.62 bits per heavy atom. The van der Waals surface area contributed by atoms with E-state index in [1.54, 1.807) is 0 Å². The number of aromatic hydroxyl groups is 1. The second-order valence-corrected chi connectivity index (χ2v) is 2.57. The molecular weight excluding hydrogens is 196 g/mol. The van der Waals surface area contributed by atoms with Crippen LogP contribution >= 0.6 is 11.6 Å². The number of nitro benzene ring substituents is 1. The standard InChI is InChI=1S/C7H3ClN2O3/c1-9-7-5(8)2-4(10(12)13)3-6(7)11/h2-3,11H. The van der Waals surface area contributed by atoms with E-state index < -0.39 is 10.7 Å². The summed E-state index contributed by atoms with van der Waals surface area (Å²) in [7, 11) is 0. The lowest BCUT2D eigenvalue weighted by Crippen LogP contribution is -1.87. The molecule has 0 aromatic heterocycles. The molecule has 1 aromatic rings. The quantitative estimate of drug-likeness (QED) is 0.428. The molecule has 0 heterocycles. The lowest BCUT2D eigenvalue weighted by Gasteiger charge is -1.98. The van der Waals surface area contributed by atoms with Gasteiger partial charge in [0.25, 0.3) is 5.69 Å². The van der Waals surface area contributed by atoms with Crippen LogP contribution in [0.25, 0.3) is 4.85 Å². The van der Waals surface area contributed by atoms with E-state index in [1.165, 1.54) is 0 Å². The van der Waals surface area contributed by atoms with E-state index in [0.717, 1.165) is 12.1 Å². The van der Waals surface area contributed by atoms with Gasteiger partial charge in [0.2, 0.25) is 5.69 Å². The Bertz CT molecular complexity index is 388. The fraction of sp³-hybridized carbons (Fsp3) is 0. The molecule has 0 saturated carbocycles. The molecule has 6 heteroatoms. The smallest absolute Gasteiger partial charge is 0.271 e. The number of nitrogens with zero attached hydrogens (tertiary/aromatic N) is 2. The minimum absolute atomic E-state index is 0.123. The van der Waals surface area contributed by atoms with Crippen LogP contribution in [0.1, 0.15) is 0 Å². The van der Waals surface area contributed by atoms with E-state index in [2.05, 4.69) is 4.85 Å². The van der Waals surface area contributed by atoms with Crippen molar-refractivity contribution < 1.29 is 10.0 Å². The molecule has 0 unspecified atom stereocenters. The van der Waals surface area contributed by atoms with Crippen LogP contribution in [0.5, 0.6) is 5.75 Å². The minimum atomic E-state index is -0.695. The van der Waals surface area contributed by atoms with Crippen molar-refractivity contribution in [3.63, 3.8) is 0 Å². The first kappa shape index (κ1) is 9.29. The first-order valence-electron chi connectivity index (χ1n) is 3.10. The summed E-state index contributed by atoms with van der Waals surface area (Å²) in [5.74, 6) is -0.478. The first-order chi connectivity index (χ1) is 6.06. The number of phenolic OH excluding ortho intramolecular Hbond substituents is 1. The van der Waals surface area contributed by atoms with Gasteiger partial charge in [-0.15, -0.1) is 0 Å². The van der Waals surface area contributed by atoms with Crippen molar-refractivity contribution in [1.29, 1.82) is 0 Å². The van der Waals surface area contributed by atoms with E-state index in [-0.39, 0.29) is 16.4 Å². The third-order valence-corrected chi connectivity index (χ3v) is 1.64. The largest absolute Gasteiger partial charge is 0.519 e. The molecule has 0 spiro atoms. The zero-order valence-electron chi connectivity index (χ0n) is 6.19. The van der Waals surface area contributed by atoms with Gasteiger partial charge < -0.3 is 5.11 Å². The van der Waals surface area contributed by atoms with Gasteiger partial charge in [0.05, 0.1) is 16.5 Å². The number of rotatable bonds is 1. The van der Waals surface area contributed by atoms with Crippen LogP contribution in [0.4, 0.5) is 11.4 Å². The molecule has 5 nitrogen and oxygen atoms in total. The van der Waals surface area contributed by atoms with Crippen molar-refractivity contribution >= 4 is 23.0 Å². The molecule has 0 saturated heterocycles. The van der Waals surface area contributed by atoms with Gasteiger partial charge in [-0.05, 0) is 0 Å². The third kappa shape index (κ3) is 1.68. The van der Waals surface area contributed by atoms with Gasteiger partial charge >= 0.3 is 0 Å². The monoisotopic (exact) mass is 198 g/mol. The Hall–Kier alpha value is -1.80. The van der Waals surface area contributed by atoms with Crippen LogP contribution in [0.3, 0.4) is 0 Å². The highest BCUT2D eigenvalue weighted by molar-refractivity contribution is 6.33. The van der Waals surface area contributed by atoms with Gasteiger partial charge in [0.1, 0.15) is 5.75 Å². The van der Waals surface area contributed by atoms with Crippen molar-refractivity contribution in [2.24, 2.45) is 0 Å². The van der Waals surface area contributed by atoms with E-state index in [1.807, 2.05) is 0 Å². The van der Waals surface area contributed by atoms with E-state index in [4.69, 9.17) is 23.3 Å². The van der Waals surface area contributed by atoms with Gasteiger partial charge in [-0.3, -0.25) is 10.1 Å². The molecule has 0 bridgehead atoms. The fourth-order valence-corrected chi connectivity index (χ4v) is 1.04. The summed E-state index contributed by atoms with van der Waals surface area (Å²) >= 11 is 5.50. The Kier molecular flexibility index (Phi) is 2.35. The average molecular weight is 199 g/mol. The Morgan fingerprint density at radius 2 is 2.23 bits per heavy atom. The molecule has 1 N–H and O–H groups in total. The summed E-state index contributed by atoms with van der Waals surface area (Å²) in [4.78, 5) is 12.5. The van der Waals surface area contributed by atoms with E-state index >= 15 is 0 Å². The molecule has 0 aliphatic carbocycles. The molecule has 0 atom stereocenters. The molecule has 66 valence electrons. The lowest BCUT2D eigenvalue weighted by atomic mass is 10.2. The van der Waals surface area contributed by atoms with Crippen LogP contribution < -0.4 is 0 Å². The average Bonchev–Trinajstić information content (AvgIpc) is 2.03. The Labute approximate surface area is 78.1 Å². The molecule has 13 heavy (non-hydrogen) atoms. The van der Waals surface area contributed by atoms with Gasteiger partial charge in [0, 0.05) is 12.1 Å². The SMILES string of the molecule is [C-]#[N+]c1c(O)cc([N+](=O)[O-])cc1Cl. The predicted molar refractivity (Wildman–Crippen MR) is 46.0 cm³/mol. The maximum atomic E-state index is 10.3. The van der Waals surface area contributed by atoms with E-state index in [0.29, 0.717) is 0 Å². The number of nitro groups is 1. The van der Waals surface area contributed by atoms with Crippen molar-refractivity contribution in [2.45, 2.75) is 0 Å². The Morgan fingerprint density at radius 3 is 2.62 bits per heavy atom. The summed E-state index contributed by atoms with van der Waals surface area (Å²) in [6.07, 6.45) is 0. The highest BCUT2D eigenvalue weighted by atomic mass is 35.5. The summed E-state index contributed by atoms with van der Waals surface area (Å²) in [6.45, 7) is 6.61. The normalized spacial score (nSPS) is 9.23. The fourth-order valence-electron chi connectivity index (χ4n) is 0.787. The maximum absolute atomic E-state index is 10.3. The van der Waals surface area contributed by atoms with Gasteiger partial charge in [-0.2, -0.15) is 0 Å². The molecule has 0 radical (unpaired) electrons. The van der Waals surface area contributed by atoms with Crippen molar-refractivity contribution in [2.75, 3.05) is 0 Å². The van der Waals surface area contributed by atoms with Crippen molar-refractivity contribution in [1.82, 2.24) is 0 Å². The zero-order chi connectivity index (χ0) is 10.0. The molecule has 0 aliphatic rings. The van der Waals surface area contributed by atoms with Crippen LogP contribution in [0.2, 0.25) is 5.02 Å². The van der Waals surface area contributed by atoms with Crippen LogP contribution in [0, 0.1) is 16.7 Å². The molecule has 1 aromatic carbocycles. The Balaban J connectivity index is 3.39. The second kappa shape index (κ2) is 3.29. The molecular formula is C7H3ClN2O3. The number of non-ortho nitro benzene ring substituents is 1. The highest BCUT2D eigenvalue weighted by Crippen LogP contribution is 2.37. The second-order valence-electron chi connectivity index (χ2n) is 2.16. The predicted octanol–water partition coefficient (Wildman–Crippen LogP) is 2.50. The minimum Gasteiger partial charge on any atom is -0.519 e. The number of halogens is 1. The topological polar surface area (TPSA) is 67.7 Å². The van der Waals surface area contributed by atoms with Crippen molar-refractivity contribution in [3.8, 4) is 5.75 Å². The van der Waals surface area contributed by atoms with E-state index in [9.17, 15) is 10.1 Å². The molecule has 0 fully saturated rings. The number of hydrogen-bond donors (Lipinski definition) is 1. The molecule has 1 rings (SSSR count). The van der Waals surface area contributed by atoms with Crippen LogP contribution in [0.15, 0.2) is 12.1 Å². The number of phenols is 1. The molecule has 0 aliphatic heterocycles. The zero-order valence-corrected chi connectivity index (χ0v) is 6.95. The maximum Gasteiger partial charge on any atom is 0.271 e. The van der Waals surface area contributed by atoms with Crippen molar-refractivity contribution in [3.05, 3.63) is 38.7 Å². The van der Waals surface area contributed by atoms with Gasteiger partial charge in [-0.1, -0.05) is 11.6 Å². The van der Waals surface area contributed by atoms with Crippen LogP contribution in [-0.2, 0) is 0 Å². The summed E-state index contributed by atoms with van der Waals surface area (Å²) in [5, 5.41) is 19.3. The highest BCUT2D eigenvalue weighted by Gasteiger charge is 2.14. The van der Waals surface area contributed by atoms with Gasteiger partial charge in [-0.25, -0.2) is 4.85 Å². The van der Waals surface area contributed by atoms with Crippen LogP contribution in [-0.4, -0.2) is 10.0 Å². The third-order valence-electron chi connectivity index (χ3n) is 1.35. The number of hydrogen-bond acceptors (Lipinski definition) is 3. The summed E-state index contributed by atoms with van der Waals surface area (Å²) < 4.78 is 0. The lowest BCUT2D eigenvalue weighted by molar-refractivity contribution is -0.384. The summed E-state index contributed by atoms with van der Waals surface area (Å²) in [5.41, 5.74) is -0.512.